The van der Waals surface area contributed by atoms with Crippen molar-refractivity contribution in [3.63, 3.8) is 0 Å². The predicted octanol–water partition coefficient (Wildman–Crippen LogP) is 1.34. The van der Waals surface area contributed by atoms with Crippen molar-refractivity contribution in [3.8, 4) is 11.8 Å². The molecule has 0 heterocycles. The second-order valence-corrected chi connectivity index (χ2v) is 5.30. The van der Waals surface area contributed by atoms with Gasteiger partial charge in [0.25, 0.3) is 0 Å². The highest BCUT2D eigenvalue weighted by atomic mass is 19.1. The van der Waals surface area contributed by atoms with E-state index in [0.29, 0.717) is 24.2 Å². The van der Waals surface area contributed by atoms with E-state index in [1.54, 1.807) is 26.0 Å². The van der Waals surface area contributed by atoms with Gasteiger partial charge in [0.15, 0.2) is 0 Å². The van der Waals surface area contributed by atoms with Gasteiger partial charge in [-0.25, -0.2) is 4.39 Å². The van der Waals surface area contributed by atoms with E-state index in [1.807, 2.05) is 11.9 Å². The largest absolute Gasteiger partial charge is 0.389 e. The number of aliphatic hydroxyl groups is 1. The van der Waals surface area contributed by atoms with E-state index < -0.39 is 5.60 Å². The Labute approximate surface area is 114 Å². The molecular weight excluding hydrogens is 243 g/mol. The van der Waals surface area contributed by atoms with E-state index in [4.69, 9.17) is 5.73 Å². The van der Waals surface area contributed by atoms with Crippen LogP contribution in [0.2, 0.25) is 0 Å². The van der Waals surface area contributed by atoms with Crippen LogP contribution in [0.15, 0.2) is 18.2 Å². The van der Waals surface area contributed by atoms with Gasteiger partial charge >= 0.3 is 0 Å². The first-order chi connectivity index (χ1) is 8.81. The van der Waals surface area contributed by atoms with Gasteiger partial charge in [0, 0.05) is 24.2 Å². The molecule has 0 aliphatic carbocycles. The summed E-state index contributed by atoms with van der Waals surface area (Å²) in [5.41, 5.74) is 5.69. The molecule has 1 aromatic carbocycles. The third kappa shape index (κ3) is 5.84. The maximum absolute atomic E-state index is 13.9. The summed E-state index contributed by atoms with van der Waals surface area (Å²) >= 11 is 0. The van der Waals surface area contributed by atoms with Crippen molar-refractivity contribution in [3.05, 3.63) is 35.1 Å². The van der Waals surface area contributed by atoms with Crippen molar-refractivity contribution in [2.45, 2.75) is 26.0 Å². The molecule has 0 unspecified atom stereocenters. The lowest BCUT2D eigenvalue weighted by molar-refractivity contribution is 0.0422. The number of rotatable bonds is 4. The summed E-state index contributed by atoms with van der Waals surface area (Å²) in [7, 11) is 1.85. The SMILES string of the molecule is CN(Cc1ccc(C#CCN)cc1F)CC(C)(C)O. The molecular formula is C15H21FN2O. The van der Waals surface area contributed by atoms with Gasteiger partial charge < -0.3 is 10.8 Å². The summed E-state index contributed by atoms with van der Waals surface area (Å²) in [6, 6.07) is 4.91. The fraction of sp³-hybridized carbons (Fsp3) is 0.467. The summed E-state index contributed by atoms with van der Waals surface area (Å²) in [5, 5.41) is 9.71. The molecule has 0 saturated heterocycles. The topological polar surface area (TPSA) is 49.5 Å². The Hall–Kier alpha value is -1.41. The molecule has 3 nitrogen and oxygen atoms in total. The summed E-state index contributed by atoms with van der Waals surface area (Å²) in [6.45, 7) is 4.63. The van der Waals surface area contributed by atoms with Crippen LogP contribution in [0.25, 0.3) is 0 Å². The van der Waals surface area contributed by atoms with E-state index in [0.717, 1.165) is 0 Å². The van der Waals surface area contributed by atoms with Crippen LogP contribution in [0.1, 0.15) is 25.0 Å². The molecule has 0 radical (unpaired) electrons. The number of benzene rings is 1. The maximum atomic E-state index is 13.9. The van der Waals surface area contributed by atoms with Gasteiger partial charge in [0.05, 0.1) is 12.1 Å². The summed E-state index contributed by atoms with van der Waals surface area (Å²) < 4.78 is 13.9. The number of hydrogen-bond acceptors (Lipinski definition) is 3. The normalized spacial score (nSPS) is 11.3. The average molecular weight is 264 g/mol. The predicted molar refractivity (Wildman–Crippen MR) is 75.0 cm³/mol. The van der Waals surface area contributed by atoms with Crippen molar-refractivity contribution >= 4 is 0 Å². The Bertz CT molecular complexity index is 483. The highest BCUT2D eigenvalue weighted by molar-refractivity contribution is 5.37. The third-order valence-corrected chi connectivity index (χ3v) is 2.48. The van der Waals surface area contributed by atoms with Crippen molar-refractivity contribution in [1.29, 1.82) is 0 Å². The second kappa shape index (κ2) is 6.67. The fourth-order valence-electron chi connectivity index (χ4n) is 1.91. The van der Waals surface area contributed by atoms with Crippen LogP contribution in [-0.2, 0) is 6.54 Å². The van der Waals surface area contributed by atoms with Gasteiger partial charge in [-0.15, -0.1) is 0 Å². The zero-order chi connectivity index (χ0) is 14.5. The van der Waals surface area contributed by atoms with Gasteiger partial charge in [-0.2, -0.15) is 0 Å². The smallest absolute Gasteiger partial charge is 0.128 e. The molecule has 0 bridgehead atoms. The van der Waals surface area contributed by atoms with Crippen LogP contribution in [0.3, 0.4) is 0 Å². The number of likely N-dealkylation sites (N-methyl/N-ethyl adjacent to an activating group) is 1. The molecule has 0 saturated carbocycles. The molecule has 0 spiro atoms. The van der Waals surface area contributed by atoms with Gasteiger partial charge in [-0.3, -0.25) is 4.90 Å². The monoisotopic (exact) mass is 264 g/mol. The Balaban J connectivity index is 2.75. The van der Waals surface area contributed by atoms with E-state index in [1.165, 1.54) is 6.07 Å². The summed E-state index contributed by atoms with van der Waals surface area (Å²) in [4.78, 5) is 1.88. The second-order valence-electron chi connectivity index (χ2n) is 5.30. The fourth-order valence-corrected chi connectivity index (χ4v) is 1.91. The lowest BCUT2D eigenvalue weighted by Crippen LogP contribution is -2.36. The van der Waals surface area contributed by atoms with Crippen LogP contribution in [0.5, 0.6) is 0 Å². The van der Waals surface area contributed by atoms with Crippen LogP contribution < -0.4 is 5.73 Å². The molecule has 0 aromatic heterocycles. The Kier molecular flexibility index (Phi) is 5.49. The maximum Gasteiger partial charge on any atom is 0.128 e. The zero-order valence-electron chi connectivity index (χ0n) is 11.7. The van der Waals surface area contributed by atoms with Gasteiger partial charge in [0.2, 0.25) is 0 Å². The summed E-state index contributed by atoms with van der Waals surface area (Å²) in [5.74, 6) is 5.20. The Morgan fingerprint density at radius 1 is 1.42 bits per heavy atom. The molecule has 4 heteroatoms. The van der Waals surface area contributed by atoms with E-state index >= 15 is 0 Å². The Morgan fingerprint density at radius 2 is 2.11 bits per heavy atom. The van der Waals surface area contributed by atoms with Crippen molar-refractivity contribution in [1.82, 2.24) is 4.90 Å². The average Bonchev–Trinajstić information content (AvgIpc) is 2.27. The van der Waals surface area contributed by atoms with E-state index in [2.05, 4.69) is 11.8 Å². The molecule has 0 aliphatic rings. The molecule has 104 valence electrons. The molecule has 19 heavy (non-hydrogen) atoms. The molecule has 1 aromatic rings. The number of nitrogens with zero attached hydrogens (tertiary/aromatic N) is 1. The summed E-state index contributed by atoms with van der Waals surface area (Å²) in [6.07, 6.45) is 0. The quantitative estimate of drug-likeness (QED) is 0.807. The minimum Gasteiger partial charge on any atom is -0.389 e. The minimum atomic E-state index is -0.794. The van der Waals surface area contributed by atoms with E-state index in [9.17, 15) is 9.50 Å². The molecule has 0 amide bonds. The van der Waals surface area contributed by atoms with Gasteiger partial charge in [0.1, 0.15) is 5.82 Å². The number of halogens is 1. The van der Waals surface area contributed by atoms with E-state index in [-0.39, 0.29) is 12.4 Å². The van der Waals surface area contributed by atoms with Crippen LogP contribution in [0, 0.1) is 17.7 Å². The highest BCUT2D eigenvalue weighted by Crippen LogP contribution is 2.13. The van der Waals surface area contributed by atoms with Gasteiger partial charge in [-0.1, -0.05) is 17.9 Å². The van der Waals surface area contributed by atoms with Crippen molar-refractivity contribution in [2.75, 3.05) is 20.1 Å². The minimum absolute atomic E-state index is 0.262. The molecule has 0 fully saturated rings. The van der Waals surface area contributed by atoms with Crippen LogP contribution in [-0.4, -0.2) is 35.7 Å². The van der Waals surface area contributed by atoms with Crippen molar-refractivity contribution in [2.24, 2.45) is 5.73 Å². The number of nitrogens with two attached hydrogens (primary N) is 1. The standard InChI is InChI=1S/C15H21FN2O/c1-15(2,19)11-18(3)10-13-7-6-12(5-4-8-17)9-14(13)16/h6-7,9,19H,8,10-11,17H2,1-3H3. The van der Waals surface area contributed by atoms with Crippen molar-refractivity contribution < 1.29 is 9.50 Å². The van der Waals surface area contributed by atoms with Gasteiger partial charge in [-0.05, 0) is 33.0 Å². The van der Waals surface area contributed by atoms with Crippen LogP contribution in [0.4, 0.5) is 4.39 Å². The first-order valence-corrected chi connectivity index (χ1v) is 6.20. The Morgan fingerprint density at radius 3 is 2.63 bits per heavy atom. The lowest BCUT2D eigenvalue weighted by atomic mass is 10.1. The lowest BCUT2D eigenvalue weighted by Gasteiger charge is -2.25. The molecule has 0 atom stereocenters. The molecule has 1 rings (SSSR count). The first kappa shape index (κ1) is 15.6. The molecule has 0 aliphatic heterocycles. The van der Waals surface area contributed by atoms with Crippen LogP contribution >= 0.6 is 0 Å². The molecule has 3 N–H and O–H groups in total. The number of hydrogen-bond donors (Lipinski definition) is 2. The third-order valence-electron chi connectivity index (χ3n) is 2.48. The first-order valence-electron chi connectivity index (χ1n) is 6.20. The highest BCUT2D eigenvalue weighted by Gasteiger charge is 2.16. The zero-order valence-corrected chi connectivity index (χ0v) is 11.7.